The number of H-pyrrole nitrogens is 1. The number of benzene rings is 1. The van der Waals surface area contributed by atoms with E-state index in [1.807, 2.05) is 0 Å². The van der Waals surface area contributed by atoms with E-state index in [9.17, 15) is 0 Å². The Kier molecular flexibility index (Phi) is 3.02. The highest BCUT2D eigenvalue weighted by Crippen LogP contribution is 2.20. The van der Waals surface area contributed by atoms with Gasteiger partial charge < -0.3 is 16.0 Å². The van der Waals surface area contributed by atoms with Crippen molar-refractivity contribution >= 4 is 16.7 Å². The lowest BCUT2D eigenvalue weighted by molar-refractivity contribution is 0.742. The highest BCUT2D eigenvalue weighted by molar-refractivity contribution is 6.02. The number of rotatable bonds is 3. The lowest BCUT2D eigenvalue weighted by Crippen LogP contribution is -2.30. The van der Waals surface area contributed by atoms with E-state index in [-0.39, 0.29) is 0 Å². The van der Waals surface area contributed by atoms with Crippen LogP contribution in [0.1, 0.15) is 17.5 Å². The summed E-state index contributed by atoms with van der Waals surface area (Å²) in [6.07, 6.45) is 4.08. The number of aromatic amines is 1. The maximum atomic E-state index is 5.64. The summed E-state index contributed by atoms with van der Waals surface area (Å²) in [6, 6.07) is 6.43. The first-order valence-corrected chi connectivity index (χ1v) is 6.47. The van der Waals surface area contributed by atoms with Gasteiger partial charge >= 0.3 is 0 Å². The molecule has 1 aliphatic heterocycles. The van der Waals surface area contributed by atoms with E-state index in [4.69, 9.17) is 5.73 Å². The van der Waals surface area contributed by atoms with Gasteiger partial charge in [0, 0.05) is 35.8 Å². The Labute approximate surface area is 106 Å². The van der Waals surface area contributed by atoms with Gasteiger partial charge in [-0.05, 0) is 43.1 Å². The van der Waals surface area contributed by atoms with Crippen molar-refractivity contribution in [1.82, 2.24) is 10.3 Å². The molecule has 4 nitrogen and oxygen atoms in total. The normalized spacial score (nSPS) is 15.5. The minimum absolute atomic E-state index is 0.677. The molecule has 0 bridgehead atoms. The molecule has 4 heteroatoms. The lowest BCUT2D eigenvalue weighted by Gasteiger charge is -2.14. The summed E-state index contributed by atoms with van der Waals surface area (Å²) >= 11 is 0. The number of hydrogen-bond donors (Lipinski definition) is 3. The van der Waals surface area contributed by atoms with Crippen LogP contribution >= 0.6 is 0 Å². The van der Waals surface area contributed by atoms with Crippen molar-refractivity contribution in [1.29, 1.82) is 0 Å². The Hall–Kier alpha value is -1.81. The SMILES string of the molecule is NCCc1c[nH]c2ccc(C3=NCCCN3)cc12. The quantitative estimate of drug-likeness (QED) is 0.762. The zero-order valence-corrected chi connectivity index (χ0v) is 10.4. The van der Waals surface area contributed by atoms with Crippen LogP contribution in [-0.2, 0) is 6.42 Å². The molecule has 0 amide bonds. The van der Waals surface area contributed by atoms with Crippen LogP contribution in [-0.4, -0.2) is 30.5 Å². The zero-order valence-electron chi connectivity index (χ0n) is 10.4. The largest absolute Gasteiger partial charge is 0.370 e. The standard InChI is InChI=1S/C14H18N4/c15-5-4-11-9-18-13-3-2-10(8-12(11)13)14-16-6-1-7-17-14/h2-3,8-9,18H,1,4-7,15H2,(H,16,17). The molecular weight excluding hydrogens is 224 g/mol. The molecule has 2 heterocycles. The average molecular weight is 242 g/mol. The van der Waals surface area contributed by atoms with Gasteiger partial charge in [-0.1, -0.05) is 0 Å². The van der Waals surface area contributed by atoms with Gasteiger partial charge in [-0.3, -0.25) is 4.99 Å². The second-order valence-electron chi connectivity index (χ2n) is 4.62. The molecule has 2 aromatic rings. The maximum absolute atomic E-state index is 5.64. The van der Waals surface area contributed by atoms with Crippen LogP contribution in [0, 0.1) is 0 Å². The molecule has 0 unspecified atom stereocenters. The molecule has 0 radical (unpaired) electrons. The first kappa shape index (κ1) is 11.3. The van der Waals surface area contributed by atoms with Crippen LogP contribution in [0.25, 0.3) is 10.9 Å². The predicted octanol–water partition coefficient (Wildman–Crippen LogP) is 1.41. The number of nitrogens with zero attached hydrogens (tertiary/aromatic N) is 1. The van der Waals surface area contributed by atoms with E-state index in [1.165, 1.54) is 22.0 Å². The number of hydrogen-bond acceptors (Lipinski definition) is 3. The first-order chi connectivity index (χ1) is 8.88. The number of nitrogens with two attached hydrogens (primary N) is 1. The van der Waals surface area contributed by atoms with Gasteiger partial charge in [0.15, 0.2) is 0 Å². The summed E-state index contributed by atoms with van der Waals surface area (Å²) < 4.78 is 0. The zero-order chi connectivity index (χ0) is 12.4. The van der Waals surface area contributed by atoms with Gasteiger partial charge in [0.1, 0.15) is 5.84 Å². The summed E-state index contributed by atoms with van der Waals surface area (Å²) in [4.78, 5) is 7.82. The van der Waals surface area contributed by atoms with Crippen molar-refractivity contribution < 1.29 is 0 Å². The van der Waals surface area contributed by atoms with Crippen molar-refractivity contribution in [3.05, 3.63) is 35.5 Å². The topological polar surface area (TPSA) is 66.2 Å². The third kappa shape index (κ3) is 1.99. The van der Waals surface area contributed by atoms with E-state index < -0.39 is 0 Å². The molecule has 0 fully saturated rings. The molecule has 3 rings (SSSR count). The number of fused-ring (bicyclic) bond motifs is 1. The number of nitrogens with one attached hydrogen (secondary N) is 2. The average Bonchev–Trinajstić information content (AvgIpc) is 2.83. The van der Waals surface area contributed by atoms with Crippen molar-refractivity contribution in [3.8, 4) is 0 Å². The molecule has 94 valence electrons. The molecule has 4 N–H and O–H groups in total. The number of amidine groups is 1. The first-order valence-electron chi connectivity index (χ1n) is 6.47. The van der Waals surface area contributed by atoms with Crippen LogP contribution in [0.2, 0.25) is 0 Å². The molecule has 0 spiro atoms. The van der Waals surface area contributed by atoms with E-state index in [1.54, 1.807) is 0 Å². The monoisotopic (exact) mass is 242 g/mol. The van der Waals surface area contributed by atoms with Crippen molar-refractivity contribution in [2.24, 2.45) is 10.7 Å². The summed E-state index contributed by atoms with van der Waals surface area (Å²) in [5.41, 5.74) is 9.26. The Morgan fingerprint density at radius 1 is 1.33 bits per heavy atom. The minimum atomic E-state index is 0.677. The fourth-order valence-electron chi connectivity index (χ4n) is 2.41. The van der Waals surface area contributed by atoms with Gasteiger partial charge in [0.05, 0.1) is 0 Å². The van der Waals surface area contributed by atoms with Gasteiger partial charge in [0.2, 0.25) is 0 Å². The van der Waals surface area contributed by atoms with Gasteiger partial charge in [0.25, 0.3) is 0 Å². The predicted molar refractivity (Wildman–Crippen MR) is 75.1 cm³/mol. The Morgan fingerprint density at radius 2 is 2.28 bits per heavy atom. The van der Waals surface area contributed by atoms with Crippen molar-refractivity contribution in [2.75, 3.05) is 19.6 Å². The minimum Gasteiger partial charge on any atom is -0.370 e. The number of aromatic nitrogens is 1. The second-order valence-corrected chi connectivity index (χ2v) is 4.62. The molecule has 0 saturated heterocycles. The Morgan fingerprint density at radius 3 is 3.06 bits per heavy atom. The second kappa shape index (κ2) is 4.82. The fraction of sp³-hybridized carbons (Fsp3) is 0.357. The van der Waals surface area contributed by atoms with Crippen molar-refractivity contribution in [3.63, 3.8) is 0 Å². The summed E-state index contributed by atoms with van der Waals surface area (Å²) in [5.74, 6) is 1.02. The van der Waals surface area contributed by atoms with Gasteiger partial charge in [-0.15, -0.1) is 0 Å². The highest BCUT2D eigenvalue weighted by Gasteiger charge is 2.09. The molecule has 1 aliphatic rings. The lowest BCUT2D eigenvalue weighted by atomic mass is 10.1. The molecule has 18 heavy (non-hydrogen) atoms. The van der Waals surface area contributed by atoms with Crippen LogP contribution < -0.4 is 11.1 Å². The molecule has 1 aromatic carbocycles. The summed E-state index contributed by atoms with van der Waals surface area (Å²) in [5, 5.41) is 4.62. The van der Waals surface area contributed by atoms with Crippen LogP contribution in [0.5, 0.6) is 0 Å². The summed E-state index contributed by atoms with van der Waals surface area (Å²) in [7, 11) is 0. The Balaban J connectivity index is 2.03. The van der Waals surface area contributed by atoms with Crippen LogP contribution in [0.4, 0.5) is 0 Å². The van der Waals surface area contributed by atoms with Gasteiger partial charge in [-0.2, -0.15) is 0 Å². The third-order valence-electron chi connectivity index (χ3n) is 3.35. The summed E-state index contributed by atoms with van der Waals surface area (Å²) in [6.45, 7) is 2.61. The molecule has 0 saturated carbocycles. The molecule has 0 atom stereocenters. The van der Waals surface area contributed by atoms with Crippen LogP contribution in [0.15, 0.2) is 29.4 Å². The van der Waals surface area contributed by atoms with Crippen molar-refractivity contribution in [2.45, 2.75) is 12.8 Å². The fourth-order valence-corrected chi connectivity index (χ4v) is 2.41. The van der Waals surface area contributed by atoms with E-state index in [2.05, 4.69) is 39.7 Å². The van der Waals surface area contributed by atoms with E-state index in [0.29, 0.717) is 6.54 Å². The Bertz CT molecular complexity index is 582. The third-order valence-corrected chi connectivity index (χ3v) is 3.35. The number of aliphatic imine (C=N–C) groups is 1. The maximum Gasteiger partial charge on any atom is 0.128 e. The van der Waals surface area contributed by atoms with E-state index in [0.717, 1.165) is 31.8 Å². The highest BCUT2D eigenvalue weighted by atomic mass is 15.0. The molecule has 0 aliphatic carbocycles. The van der Waals surface area contributed by atoms with Crippen LogP contribution in [0.3, 0.4) is 0 Å². The van der Waals surface area contributed by atoms with Gasteiger partial charge in [-0.25, -0.2) is 0 Å². The van der Waals surface area contributed by atoms with E-state index >= 15 is 0 Å². The molecule has 1 aromatic heterocycles. The molecular formula is C14H18N4. The smallest absolute Gasteiger partial charge is 0.128 e.